The van der Waals surface area contributed by atoms with Gasteiger partial charge in [0.25, 0.3) is 0 Å². The van der Waals surface area contributed by atoms with Gasteiger partial charge in [0.05, 0.1) is 0 Å². The van der Waals surface area contributed by atoms with Crippen molar-refractivity contribution >= 4 is 21.8 Å². The molecule has 7 heteroatoms. The van der Waals surface area contributed by atoms with Crippen molar-refractivity contribution in [3.8, 4) is 5.75 Å². The lowest BCUT2D eigenvalue weighted by molar-refractivity contribution is -0.117. The number of aromatic hydroxyl groups is 1. The van der Waals surface area contributed by atoms with Gasteiger partial charge in [-0.2, -0.15) is 8.42 Å². The lowest BCUT2D eigenvalue weighted by atomic mass is 10.1. The largest absolute Gasteiger partial charge is 0.508 e. The normalized spacial score (nSPS) is 20.1. The van der Waals surface area contributed by atoms with E-state index < -0.39 is 21.4 Å². The Labute approximate surface area is 110 Å². The molecule has 0 bridgehead atoms. The molecule has 1 aliphatic rings. The van der Waals surface area contributed by atoms with E-state index in [1.54, 1.807) is 19.9 Å². The molecule has 0 aromatic heterocycles. The maximum absolute atomic E-state index is 13.0. The fraction of sp³-hybridized carbons (Fsp3) is 0.417. The van der Waals surface area contributed by atoms with Crippen LogP contribution in [0.1, 0.15) is 17.5 Å². The van der Waals surface area contributed by atoms with Crippen molar-refractivity contribution in [2.24, 2.45) is 0 Å². The van der Waals surface area contributed by atoms with Crippen LogP contribution in [0, 0.1) is 13.8 Å². The quantitative estimate of drug-likeness (QED) is 0.835. The lowest BCUT2D eigenvalue weighted by Gasteiger charge is -2.19. The van der Waals surface area contributed by atoms with Gasteiger partial charge >= 0.3 is 10.2 Å². The molecule has 0 saturated carbocycles. The highest BCUT2D eigenvalue weighted by Gasteiger charge is 2.39. The van der Waals surface area contributed by atoms with Crippen LogP contribution in [0.4, 0.5) is 9.57 Å². The van der Waals surface area contributed by atoms with E-state index in [1.807, 2.05) is 0 Å². The summed E-state index contributed by atoms with van der Waals surface area (Å²) in [6.45, 7) is 3.17. The Morgan fingerprint density at radius 2 is 1.95 bits per heavy atom. The van der Waals surface area contributed by atoms with Crippen LogP contribution in [0.3, 0.4) is 0 Å². The number of rotatable bonds is 2. The summed E-state index contributed by atoms with van der Waals surface area (Å²) in [6, 6.07) is 3.09. The third kappa shape index (κ3) is 2.56. The number of phenolic OH excluding ortho intramolecular Hbond substituents is 1. The van der Waals surface area contributed by atoms with E-state index in [0.717, 1.165) is 0 Å². The second-order valence-electron chi connectivity index (χ2n) is 4.73. The van der Waals surface area contributed by atoms with Gasteiger partial charge in [0.1, 0.15) is 11.0 Å². The third-order valence-electron chi connectivity index (χ3n) is 3.29. The number of phenols is 1. The number of hydrogen-bond acceptors (Lipinski definition) is 4. The van der Waals surface area contributed by atoms with Crippen LogP contribution in [0.2, 0.25) is 0 Å². The van der Waals surface area contributed by atoms with E-state index in [4.69, 9.17) is 0 Å². The zero-order valence-electron chi connectivity index (χ0n) is 10.6. The van der Waals surface area contributed by atoms with Gasteiger partial charge in [0.15, 0.2) is 0 Å². The molecule has 1 aromatic carbocycles. The van der Waals surface area contributed by atoms with E-state index in [1.165, 1.54) is 11.0 Å². The Kier molecular flexibility index (Phi) is 3.25. The van der Waals surface area contributed by atoms with Gasteiger partial charge in [-0.05, 0) is 37.1 Å². The first kappa shape index (κ1) is 13.8. The molecule has 1 unspecified atom stereocenters. The van der Waals surface area contributed by atoms with Crippen LogP contribution < -0.4 is 4.90 Å². The summed E-state index contributed by atoms with van der Waals surface area (Å²) in [4.78, 5) is 13.1. The van der Waals surface area contributed by atoms with Gasteiger partial charge in [0.2, 0.25) is 5.91 Å². The summed E-state index contributed by atoms with van der Waals surface area (Å²) >= 11 is 0. The summed E-state index contributed by atoms with van der Waals surface area (Å²) in [5.41, 5.74) is 1.71. The second-order valence-corrected chi connectivity index (χ2v) is 6.35. The Morgan fingerprint density at radius 1 is 1.32 bits per heavy atom. The van der Waals surface area contributed by atoms with Gasteiger partial charge in [-0.1, -0.05) is 0 Å². The Bertz CT molecular complexity index is 641. The fourth-order valence-corrected chi connectivity index (χ4v) is 2.84. The molecule has 0 aliphatic carbocycles. The summed E-state index contributed by atoms with van der Waals surface area (Å²) in [7, 11) is -4.72. The molecule has 104 valence electrons. The molecule has 1 heterocycles. The molecular weight excluding hydrogens is 273 g/mol. The smallest absolute Gasteiger partial charge is 0.307 e. The zero-order chi connectivity index (χ0) is 14.4. The molecule has 0 spiro atoms. The van der Waals surface area contributed by atoms with E-state index >= 15 is 0 Å². The zero-order valence-corrected chi connectivity index (χ0v) is 11.4. The second kappa shape index (κ2) is 4.48. The lowest BCUT2D eigenvalue weighted by Crippen LogP contribution is -2.27. The van der Waals surface area contributed by atoms with Crippen LogP contribution in [0.5, 0.6) is 5.75 Å². The molecule has 0 radical (unpaired) electrons. The van der Waals surface area contributed by atoms with Crippen molar-refractivity contribution in [3.63, 3.8) is 0 Å². The molecule has 2 rings (SSSR count). The predicted molar refractivity (Wildman–Crippen MR) is 68.4 cm³/mol. The van der Waals surface area contributed by atoms with Crippen molar-refractivity contribution in [1.29, 1.82) is 0 Å². The highest BCUT2D eigenvalue weighted by molar-refractivity contribution is 7.87. The fourth-order valence-electron chi connectivity index (χ4n) is 2.17. The van der Waals surface area contributed by atoms with Crippen molar-refractivity contribution in [1.82, 2.24) is 0 Å². The minimum absolute atomic E-state index is 0.0996. The highest BCUT2D eigenvalue weighted by Crippen LogP contribution is 2.32. The summed E-state index contributed by atoms with van der Waals surface area (Å²) in [5.74, 6) is -0.332. The molecule has 1 amide bonds. The summed E-state index contributed by atoms with van der Waals surface area (Å²) in [6.07, 6.45) is -0.349. The van der Waals surface area contributed by atoms with Crippen molar-refractivity contribution < 1.29 is 22.2 Å². The number of nitrogens with zero attached hydrogens (tertiary/aromatic N) is 1. The topological polar surface area (TPSA) is 74.7 Å². The average molecular weight is 287 g/mol. The Balaban J connectivity index is 2.39. The van der Waals surface area contributed by atoms with Crippen LogP contribution in [0.15, 0.2) is 12.1 Å². The van der Waals surface area contributed by atoms with E-state index in [-0.39, 0.29) is 18.7 Å². The highest BCUT2D eigenvalue weighted by atomic mass is 32.3. The number of halogens is 1. The van der Waals surface area contributed by atoms with Gasteiger partial charge < -0.3 is 10.0 Å². The van der Waals surface area contributed by atoms with Crippen molar-refractivity contribution in [2.45, 2.75) is 25.5 Å². The number of amides is 1. The maximum Gasteiger partial charge on any atom is 0.307 e. The molecule has 5 nitrogen and oxygen atoms in total. The van der Waals surface area contributed by atoms with Crippen LogP contribution in [0.25, 0.3) is 0 Å². The Morgan fingerprint density at radius 3 is 2.47 bits per heavy atom. The first-order valence-electron chi connectivity index (χ1n) is 5.74. The van der Waals surface area contributed by atoms with Gasteiger partial charge in [-0.15, -0.1) is 3.89 Å². The Hall–Kier alpha value is -1.63. The third-order valence-corrected chi connectivity index (χ3v) is 4.41. The number of benzene rings is 1. The first-order chi connectivity index (χ1) is 8.70. The van der Waals surface area contributed by atoms with E-state index in [2.05, 4.69) is 0 Å². The average Bonchev–Trinajstić information content (AvgIpc) is 2.65. The van der Waals surface area contributed by atoms with Gasteiger partial charge in [-0.25, -0.2) is 0 Å². The van der Waals surface area contributed by atoms with Gasteiger partial charge in [0, 0.05) is 18.7 Å². The minimum atomic E-state index is -4.72. The van der Waals surface area contributed by atoms with Crippen molar-refractivity contribution in [2.75, 3.05) is 11.4 Å². The molecule has 1 fully saturated rings. The summed E-state index contributed by atoms with van der Waals surface area (Å²) in [5, 5.41) is 8.24. The molecule has 1 N–H and O–H groups in total. The first-order valence-corrected chi connectivity index (χ1v) is 7.19. The number of hydrogen-bond donors (Lipinski definition) is 1. The molecule has 1 aliphatic heterocycles. The van der Waals surface area contributed by atoms with E-state index in [9.17, 15) is 22.2 Å². The number of carbonyl (C=O) groups excluding carboxylic acids is 1. The number of anilines is 1. The predicted octanol–water partition coefficient (Wildman–Crippen LogP) is 1.41. The van der Waals surface area contributed by atoms with Crippen LogP contribution in [-0.2, 0) is 15.0 Å². The minimum Gasteiger partial charge on any atom is -0.508 e. The maximum atomic E-state index is 13.0. The number of aryl methyl sites for hydroxylation is 2. The molecule has 1 saturated heterocycles. The van der Waals surface area contributed by atoms with Gasteiger partial charge in [-0.3, -0.25) is 4.79 Å². The van der Waals surface area contributed by atoms with Crippen LogP contribution >= 0.6 is 0 Å². The molecular formula is C12H14FNO4S. The van der Waals surface area contributed by atoms with E-state index in [0.29, 0.717) is 16.8 Å². The standard InChI is InChI=1S/C12H14FNO4S/c1-7-4-11(15)8(2)3-10(7)14-6-9(5-12(14)16)19(13,17)18/h3-4,9,15H,5-6H2,1-2H3. The summed E-state index contributed by atoms with van der Waals surface area (Å²) < 4.78 is 34.7. The molecule has 1 aromatic rings. The monoisotopic (exact) mass is 287 g/mol. The number of carbonyl (C=O) groups is 1. The SMILES string of the molecule is Cc1cc(N2CC(S(=O)(=O)F)CC2=O)c(C)cc1O. The van der Waals surface area contributed by atoms with Crippen molar-refractivity contribution in [3.05, 3.63) is 23.3 Å². The van der Waals surface area contributed by atoms with Crippen LogP contribution in [-0.4, -0.2) is 31.2 Å². The molecule has 19 heavy (non-hydrogen) atoms. The molecule has 1 atom stereocenters.